The average molecular weight is 323 g/mol. The number of rotatable bonds is 5. The van der Waals surface area contributed by atoms with Gasteiger partial charge in [-0.15, -0.1) is 11.8 Å². The number of allylic oxidation sites excluding steroid dienone is 2. The molecule has 0 N–H and O–H groups in total. The normalized spacial score (nSPS) is 18.4. The molecule has 1 aromatic heterocycles. The minimum absolute atomic E-state index is 0.277. The number of methoxy groups -OCH3 is 1. The topological polar surface area (TPSA) is 54.8 Å². The van der Waals surface area contributed by atoms with Crippen LogP contribution in [0.3, 0.4) is 0 Å². The van der Waals surface area contributed by atoms with Crippen LogP contribution in [0.5, 0.6) is 0 Å². The van der Waals surface area contributed by atoms with Gasteiger partial charge in [0.25, 0.3) is 0 Å². The van der Waals surface area contributed by atoms with Crippen molar-refractivity contribution in [1.82, 2.24) is 4.98 Å². The third-order valence-corrected chi connectivity index (χ3v) is 4.84. The summed E-state index contributed by atoms with van der Waals surface area (Å²) in [5.74, 6) is 0.370. The van der Waals surface area contributed by atoms with E-state index >= 15 is 0 Å². The van der Waals surface area contributed by atoms with Gasteiger partial charge in [-0.1, -0.05) is 23.5 Å². The molecule has 1 aliphatic heterocycles. The zero-order valence-corrected chi connectivity index (χ0v) is 13.8. The molecule has 7 heteroatoms. The zero-order chi connectivity index (χ0) is 15.2. The van der Waals surface area contributed by atoms with Crippen molar-refractivity contribution in [2.45, 2.75) is 6.04 Å². The van der Waals surface area contributed by atoms with Crippen LogP contribution < -0.4 is 4.90 Å². The highest BCUT2D eigenvalue weighted by Gasteiger charge is 2.24. The molecular weight excluding hydrogens is 306 g/mol. The number of hydrogen-bond donors (Lipinski definition) is 0. The quantitative estimate of drug-likeness (QED) is 0.615. The van der Waals surface area contributed by atoms with Crippen molar-refractivity contribution in [1.29, 1.82) is 0 Å². The summed E-state index contributed by atoms with van der Waals surface area (Å²) < 4.78 is 4.68. The molecule has 2 rings (SSSR count). The first kappa shape index (κ1) is 15.8. The monoisotopic (exact) mass is 323 g/mol. The van der Waals surface area contributed by atoms with Gasteiger partial charge < -0.3 is 9.64 Å². The number of carbonyl (C=O) groups is 1. The van der Waals surface area contributed by atoms with Crippen LogP contribution in [0, 0.1) is 0 Å². The highest BCUT2D eigenvalue weighted by Crippen LogP contribution is 2.22. The van der Waals surface area contributed by atoms with E-state index in [9.17, 15) is 4.79 Å². The van der Waals surface area contributed by atoms with Gasteiger partial charge in [0.2, 0.25) is 0 Å². The van der Waals surface area contributed by atoms with Gasteiger partial charge in [-0.2, -0.15) is 0 Å². The Morgan fingerprint density at radius 2 is 2.19 bits per heavy atom. The number of carbonyl (C=O) groups excluding carboxylic acids is 1. The zero-order valence-electron chi connectivity index (χ0n) is 12.1. The number of esters is 1. The van der Waals surface area contributed by atoms with Crippen molar-refractivity contribution in [2.75, 3.05) is 31.9 Å². The van der Waals surface area contributed by atoms with Crippen LogP contribution in [0.15, 0.2) is 29.4 Å². The van der Waals surface area contributed by atoms with E-state index in [0.29, 0.717) is 5.75 Å². The second kappa shape index (κ2) is 7.42. The molecule has 1 aromatic rings. The van der Waals surface area contributed by atoms with Crippen molar-refractivity contribution in [3.63, 3.8) is 0 Å². The minimum Gasteiger partial charge on any atom is -0.467 e. The highest BCUT2D eigenvalue weighted by atomic mass is 32.2. The molecule has 0 saturated heterocycles. The summed E-state index contributed by atoms with van der Waals surface area (Å²) >= 11 is 3.19. The fourth-order valence-corrected chi connectivity index (χ4v) is 3.25. The molecule has 1 aliphatic rings. The first-order valence-corrected chi connectivity index (χ1v) is 8.16. The average Bonchev–Trinajstić information content (AvgIpc) is 3.12. The molecule has 1 atom stereocenters. The summed E-state index contributed by atoms with van der Waals surface area (Å²) in [6, 6.07) is -0.370. The lowest BCUT2D eigenvalue weighted by Crippen LogP contribution is -2.19. The van der Waals surface area contributed by atoms with Gasteiger partial charge in [-0.25, -0.2) is 9.78 Å². The lowest BCUT2D eigenvalue weighted by atomic mass is 10.3. The number of aliphatic imine (C=N–C) groups is 1. The van der Waals surface area contributed by atoms with E-state index in [-0.39, 0.29) is 12.0 Å². The highest BCUT2D eigenvalue weighted by molar-refractivity contribution is 8.14. The number of nitrogens with zero attached hydrogens (tertiary/aromatic N) is 3. The molecule has 0 bridgehead atoms. The maximum absolute atomic E-state index is 11.3. The molecule has 0 radical (unpaired) electrons. The van der Waals surface area contributed by atoms with E-state index in [2.05, 4.69) is 14.7 Å². The van der Waals surface area contributed by atoms with Crippen LogP contribution in [0.25, 0.3) is 6.08 Å². The molecule has 2 heterocycles. The lowest BCUT2D eigenvalue weighted by molar-refractivity contribution is -0.141. The molecule has 0 spiro atoms. The molecule has 0 amide bonds. The van der Waals surface area contributed by atoms with Crippen LogP contribution >= 0.6 is 23.1 Å². The van der Waals surface area contributed by atoms with Crippen LogP contribution in [0.2, 0.25) is 0 Å². The van der Waals surface area contributed by atoms with E-state index in [1.165, 1.54) is 7.11 Å². The second-order valence-electron chi connectivity index (χ2n) is 4.47. The summed E-state index contributed by atoms with van der Waals surface area (Å²) in [6.45, 7) is 0. The molecular formula is C14H17N3O2S2. The van der Waals surface area contributed by atoms with Gasteiger partial charge in [0, 0.05) is 19.8 Å². The largest absolute Gasteiger partial charge is 0.467 e. The minimum atomic E-state index is -0.370. The molecule has 0 fully saturated rings. The molecule has 112 valence electrons. The number of thiazole rings is 1. The van der Waals surface area contributed by atoms with E-state index < -0.39 is 0 Å². The maximum Gasteiger partial charge on any atom is 0.331 e. The smallest absolute Gasteiger partial charge is 0.331 e. The summed E-state index contributed by atoms with van der Waals surface area (Å²) in [7, 11) is 5.37. The number of aromatic nitrogens is 1. The van der Waals surface area contributed by atoms with Crippen molar-refractivity contribution in [3.8, 4) is 0 Å². The maximum atomic E-state index is 11.3. The number of anilines is 1. The SMILES string of the molecule is COC(=O)[C@H]1CSC(/C=C/C=C/c2ncc(N(C)C)s2)=N1. The Morgan fingerprint density at radius 3 is 2.86 bits per heavy atom. The Balaban J connectivity index is 1.90. The standard InChI is InChI=1S/C14H17N3O2S2/c1-17(2)13-8-15-11(21-13)6-4-5-7-12-16-10(9-20-12)14(18)19-3/h4-8,10H,9H2,1-3H3/b6-4+,7-5+/t10-/m1/s1. The molecule has 0 unspecified atom stereocenters. The predicted octanol–water partition coefficient (Wildman–Crippen LogP) is 2.47. The van der Waals surface area contributed by atoms with Gasteiger partial charge >= 0.3 is 5.97 Å². The molecule has 21 heavy (non-hydrogen) atoms. The Labute approximate surface area is 132 Å². The number of hydrogen-bond acceptors (Lipinski definition) is 7. The Hall–Kier alpha value is -1.60. The Morgan fingerprint density at radius 1 is 1.43 bits per heavy atom. The second-order valence-corrected chi connectivity index (χ2v) is 6.55. The first-order chi connectivity index (χ1) is 10.1. The number of ether oxygens (including phenoxy) is 1. The van der Waals surface area contributed by atoms with E-state index in [1.54, 1.807) is 23.1 Å². The Kier molecular flexibility index (Phi) is 5.58. The van der Waals surface area contributed by atoms with Gasteiger partial charge in [-0.3, -0.25) is 4.99 Å². The van der Waals surface area contributed by atoms with Gasteiger partial charge in [0.05, 0.1) is 18.4 Å². The third-order valence-electron chi connectivity index (χ3n) is 2.69. The van der Waals surface area contributed by atoms with Gasteiger partial charge in [0.15, 0.2) is 6.04 Å². The van der Waals surface area contributed by atoms with Crippen LogP contribution in [-0.4, -0.2) is 49.0 Å². The predicted molar refractivity (Wildman–Crippen MR) is 90.3 cm³/mol. The summed E-state index contributed by atoms with van der Waals surface area (Å²) in [4.78, 5) is 22.0. The van der Waals surface area contributed by atoms with Crippen LogP contribution in [0.4, 0.5) is 5.00 Å². The van der Waals surface area contributed by atoms with Gasteiger partial charge in [0.1, 0.15) is 10.0 Å². The molecule has 0 saturated carbocycles. The van der Waals surface area contributed by atoms with E-state index in [0.717, 1.165) is 15.1 Å². The van der Waals surface area contributed by atoms with E-state index in [4.69, 9.17) is 0 Å². The first-order valence-electron chi connectivity index (χ1n) is 6.36. The fourth-order valence-electron chi connectivity index (χ4n) is 1.58. The van der Waals surface area contributed by atoms with Crippen molar-refractivity contribution in [2.24, 2.45) is 4.99 Å². The van der Waals surface area contributed by atoms with Crippen molar-refractivity contribution < 1.29 is 9.53 Å². The van der Waals surface area contributed by atoms with Crippen LogP contribution in [0.1, 0.15) is 5.01 Å². The molecule has 0 aromatic carbocycles. The lowest BCUT2D eigenvalue weighted by Gasteiger charge is -2.05. The fraction of sp³-hybridized carbons (Fsp3) is 0.357. The van der Waals surface area contributed by atoms with Crippen LogP contribution in [-0.2, 0) is 9.53 Å². The Bertz CT molecular complexity index is 591. The summed E-state index contributed by atoms with van der Waals surface area (Å²) in [6.07, 6.45) is 9.53. The summed E-state index contributed by atoms with van der Waals surface area (Å²) in [5, 5.41) is 2.93. The number of thioether (sulfide) groups is 1. The van der Waals surface area contributed by atoms with Crippen molar-refractivity contribution in [3.05, 3.63) is 29.4 Å². The molecule has 5 nitrogen and oxygen atoms in total. The summed E-state index contributed by atoms with van der Waals surface area (Å²) in [5.41, 5.74) is 0. The van der Waals surface area contributed by atoms with E-state index in [1.807, 2.05) is 49.5 Å². The molecule has 0 aliphatic carbocycles. The van der Waals surface area contributed by atoms with Crippen molar-refractivity contribution >= 4 is 45.2 Å². The third kappa shape index (κ3) is 4.44. The van der Waals surface area contributed by atoms with Gasteiger partial charge in [-0.05, 0) is 12.2 Å².